The molecule has 1 aromatic carbocycles. The van der Waals surface area contributed by atoms with Gasteiger partial charge in [-0.3, -0.25) is 0 Å². The molecule has 19 heavy (non-hydrogen) atoms. The largest absolute Gasteiger partial charge is 0.494 e. The van der Waals surface area contributed by atoms with Gasteiger partial charge in [0.25, 0.3) is 0 Å². The van der Waals surface area contributed by atoms with Crippen molar-refractivity contribution in [3.05, 3.63) is 39.5 Å². The fourth-order valence-corrected chi connectivity index (χ4v) is 3.14. The Kier molecular flexibility index (Phi) is 3.08. The summed E-state index contributed by atoms with van der Waals surface area (Å²) in [5.74, 6) is 1.20. The van der Waals surface area contributed by atoms with Gasteiger partial charge in [0.05, 0.1) is 23.5 Å². The van der Waals surface area contributed by atoms with Gasteiger partial charge in [0.2, 0.25) is 5.95 Å². The summed E-state index contributed by atoms with van der Waals surface area (Å²) in [7, 11) is 1.63. The van der Waals surface area contributed by atoms with E-state index in [1.54, 1.807) is 18.4 Å². The third-order valence-electron chi connectivity index (χ3n) is 2.93. The number of hydrogen-bond acceptors (Lipinski definition) is 4. The standard InChI is InChI=1S/C13H12ClN3OS/c1-18-10-4-2-3-9-12(10)16-13(15)17(9)7-8-5-6-11(14)19-8/h2-6H,7H2,1H3,(H2,15,16). The molecule has 0 saturated carbocycles. The SMILES string of the molecule is COc1cccc2c1nc(N)n2Cc1ccc(Cl)s1. The highest BCUT2D eigenvalue weighted by Gasteiger charge is 2.12. The van der Waals surface area contributed by atoms with Crippen LogP contribution in [0.4, 0.5) is 5.95 Å². The van der Waals surface area contributed by atoms with Crippen molar-refractivity contribution < 1.29 is 4.74 Å². The first-order chi connectivity index (χ1) is 9.19. The van der Waals surface area contributed by atoms with E-state index < -0.39 is 0 Å². The molecule has 2 heterocycles. The Balaban J connectivity index is 2.10. The number of rotatable bonds is 3. The molecule has 0 amide bonds. The van der Waals surface area contributed by atoms with Crippen LogP contribution in [0.5, 0.6) is 5.75 Å². The molecule has 0 bridgehead atoms. The molecule has 3 aromatic rings. The first-order valence-electron chi connectivity index (χ1n) is 5.72. The molecule has 0 unspecified atom stereocenters. The Morgan fingerprint density at radius 1 is 1.37 bits per heavy atom. The van der Waals surface area contributed by atoms with E-state index in [1.807, 2.05) is 34.9 Å². The van der Waals surface area contributed by atoms with Gasteiger partial charge < -0.3 is 15.0 Å². The van der Waals surface area contributed by atoms with Crippen molar-refractivity contribution in [3.63, 3.8) is 0 Å². The molecule has 0 radical (unpaired) electrons. The number of benzene rings is 1. The lowest BCUT2D eigenvalue weighted by Gasteiger charge is -2.05. The van der Waals surface area contributed by atoms with E-state index in [0.717, 1.165) is 26.0 Å². The summed E-state index contributed by atoms with van der Waals surface area (Å²) in [5.41, 5.74) is 7.74. The van der Waals surface area contributed by atoms with E-state index >= 15 is 0 Å². The second kappa shape index (κ2) is 4.75. The number of nitrogen functional groups attached to an aromatic ring is 1. The highest BCUT2D eigenvalue weighted by Crippen LogP contribution is 2.29. The topological polar surface area (TPSA) is 53.1 Å². The van der Waals surface area contributed by atoms with E-state index in [9.17, 15) is 0 Å². The number of fused-ring (bicyclic) bond motifs is 1. The average Bonchev–Trinajstić information content (AvgIpc) is 2.94. The number of para-hydroxylation sites is 1. The number of halogens is 1. The molecule has 6 heteroatoms. The van der Waals surface area contributed by atoms with Crippen molar-refractivity contribution in [2.45, 2.75) is 6.54 Å². The summed E-state index contributed by atoms with van der Waals surface area (Å²) in [6, 6.07) is 9.67. The van der Waals surface area contributed by atoms with Crippen LogP contribution in [0.25, 0.3) is 11.0 Å². The normalized spacial score (nSPS) is 11.1. The van der Waals surface area contributed by atoms with Crippen LogP contribution < -0.4 is 10.5 Å². The highest BCUT2D eigenvalue weighted by molar-refractivity contribution is 7.16. The Morgan fingerprint density at radius 3 is 2.89 bits per heavy atom. The lowest BCUT2D eigenvalue weighted by molar-refractivity contribution is 0.419. The van der Waals surface area contributed by atoms with Crippen molar-refractivity contribution in [1.82, 2.24) is 9.55 Å². The molecule has 98 valence electrons. The maximum absolute atomic E-state index is 6.00. The molecule has 0 spiro atoms. The molecular weight excluding hydrogens is 282 g/mol. The average molecular weight is 294 g/mol. The quantitative estimate of drug-likeness (QED) is 0.805. The first kappa shape index (κ1) is 12.3. The number of imidazole rings is 1. The van der Waals surface area contributed by atoms with Gasteiger partial charge in [0, 0.05) is 4.88 Å². The zero-order valence-corrected chi connectivity index (χ0v) is 11.8. The summed E-state index contributed by atoms with van der Waals surface area (Å²) in [6.45, 7) is 0.660. The van der Waals surface area contributed by atoms with E-state index in [0.29, 0.717) is 12.5 Å². The number of aromatic nitrogens is 2. The minimum absolute atomic E-state index is 0.476. The van der Waals surface area contributed by atoms with Crippen molar-refractivity contribution in [1.29, 1.82) is 0 Å². The first-order valence-corrected chi connectivity index (χ1v) is 6.91. The second-order valence-electron chi connectivity index (χ2n) is 4.09. The van der Waals surface area contributed by atoms with Crippen LogP contribution in [0.3, 0.4) is 0 Å². The van der Waals surface area contributed by atoms with Crippen molar-refractivity contribution in [2.75, 3.05) is 12.8 Å². The van der Waals surface area contributed by atoms with Crippen LogP contribution in [-0.4, -0.2) is 16.7 Å². The molecule has 2 aromatic heterocycles. The third kappa shape index (κ3) is 2.15. The number of methoxy groups -OCH3 is 1. The number of nitrogens with zero attached hydrogens (tertiary/aromatic N) is 2. The second-order valence-corrected chi connectivity index (χ2v) is 5.89. The monoisotopic (exact) mass is 293 g/mol. The molecule has 0 fully saturated rings. The molecule has 0 atom stereocenters. The van der Waals surface area contributed by atoms with E-state index in [-0.39, 0.29) is 0 Å². The Labute approximate surface area is 119 Å². The van der Waals surface area contributed by atoms with Gasteiger partial charge in [-0.25, -0.2) is 4.98 Å². The van der Waals surface area contributed by atoms with E-state index in [2.05, 4.69) is 4.98 Å². The number of nitrogens with two attached hydrogens (primary N) is 1. The molecule has 2 N–H and O–H groups in total. The van der Waals surface area contributed by atoms with E-state index in [1.165, 1.54) is 0 Å². The van der Waals surface area contributed by atoms with Gasteiger partial charge in [-0.2, -0.15) is 0 Å². The molecule has 0 aliphatic carbocycles. The molecule has 3 rings (SSSR count). The number of hydrogen-bond donors (Lipinski definition) is 1. The summed E-state index contributed by atoms with van der Waals surface area (Å²) in [5, 5.41) is 0. The van der Waals surface area contributed by atoms with Gasteiger partial charge >= 0.3 is 0 Å². The predicted octanol–water partition coefficient (Wildman–Crippen LogP) is 3.39. The molecule has 4 nitrogen and oxygen atoms in total. The van der Waals surface area contributed by atoms with Crippen molar-refractivity contribution in [3.8, 4) is 5.75 Å². The predicted molar refractivity (Wildman–Crippen MR) is 79.1 cm³/mol. The van der Waals surface area contributed by atoms with Crippen LogP contribution in [0.15, 0.2) is 30.3 Å². The van der Waals surface area contributed by atoms with Crippen LogP contribution in [0, 0.1) is 0 Å². The lowest BCUT2D eigenvalue weighted by atomic mass is 10.3. The van der Waals surface area contributed by atoms with Crippen LogP contribution >= 0.6 is 22.9 Å². The zero-order valence-electron chi connectivity index (χ0n) is 10.3. The van der Waals surface area contributed by atoms with Crippen LogP contribution in [-0.2, 0) is 6.54 Å². The fraction of sp³-hybridized carbons (Fsp3) is 0.154. The van der Waals surface area contributed by atoms with Gasteiger partial charge in [0.15, 0.2) is 0 Å². The Morgan fingerprint density at radius 2 is 2.21 bits per heavy atom. The number of anilines is 1. The Hall–Kier alpha value is -1.72. The minimum Gasteiger partial charge on any atom is -0.494 e. The van der Waals surface area contributed by atoms with Crippen LogP contribution in [0.2, 0.25) is 4.34 Å². The summed E-state index contributed by atoms with van der Waals surface area (Å²) in [4.78, 5) is 5.51. The van der Waals surface area contributed by atoms with Crippen LogP contribution in [0.1, 0.15) is 4.88 Å². The zero-order chi connectivity index (χ0) is 13.4. The third-order valence-corrected chi connectivity index (χ3v) is 4.15. The van der Waals surface area contributed by atoms with E-state index in [4.69, 9.17) is 22.1 Å². The molecular formula is C13H12ClN3OS. The molecule has 0 saturated heterocycles. The minimum atomic E-state index is 0.476. The summed E-state index contributed by atoms with van der Waals surface area (Å²) >= 11 is 7.49. The molecule has 0 aliphatic heterocycles. The highest BCUT2D eigenvalue weighted by atomic mass is 35.5. The van der Waals surface area contributed by atoms with Gasteiger partial charge in [-0.15, -0.1) is 11.3 Å². The summed E-state index contributed by atoms with van der Waals surface area (Å²) in [6.07, 6.45) is 0. The fourth-order valence-electron chi connectivity index (χ4n) is 2.06. The van der Waals surface area contributed by atoms with Crippen molar-refractivity contribution in [2.24, 2.45) is 0 Å². The number of thiophene rings is 1. The van der Waals surface area contributed by atoms with Crippen molar-refractivity contribution >= 4 is 39.9 Å². The lowest BCUT2D eigenvalue weighted by Crippen LogP contribution is -2.03. The molecule has 0 aliphatic rings. The summed E-state index contributed by atoms with van der Waals surface area (Å²) < 4.78 is 8.03. The van der Waals surface area contributed by atoms with Gasteiger partial charge in [-0.1, -0.05) is 17.7 Å². The van der Waals surface area contributed by atoms with Gasteiger partial charge in [0.1, 0.15) is 11.3 Å². The maximum Gasteiger partial charge on any atom is 0.201 e. The van der Waals surface area contributed by atoms with Gasteiger partial charge in [-0.05, 0) is 24.3 Å². The smallest absolute Gasteiger partial charge is 0.201 e. The maximum atomic E-state index is 6.00. The Bertz CT molecular complexity index is 735. The number of ether oxygens (including phenoxy) is 1.